The van der Waals surface area contributed by atoms with Gasteiger partial charge in [-0.25, -0.2) is 4.79 Å². The molecule has 0 heterocycles. The van der Waals surface area contributed by atoms with E-state index in [-0.39, 0.29) is 18.0 Å². The molecule has 1 aromatic carbocycles. The molecule has 1 aromatic rings. The van der Waals surface area contributed by atoms with Crippen LogP contribution in [0.15, 0.2) is 36.9 Å². The Hall–Kier alpha value is -1.32. The van der Waals surface area contributed by atoms with Gasteiger partial charge in [0.1, 0.15) is 6.61 Å². The Morgan fingerprint density at radius 1 is 1.50 bits per heavy atom. The molecule has 2 atom stereocenters. The molecule has 0 spiro atoms. The minimum Gasteiger partial charge on any atom is -0.461 e. The molecule has 0 radical (unpaired) electrons. The molecule has 1 saturated carbocycles. The summed E-state index contributed by atoms with van der Waals surface area (Å²) in [4.78, 5) is 12.0. The van der Waals surface area contributed by atoms with E-state index < -0.39 is 6.10 Å². The molecule has 20 heavy (non-hydrogen) atoms. The van der Waals surface area contributed by atoms with Gasteiger partial charge in [-0.15, -0.1) is 6.58 Å². The van der Waals surface area contributed by atoms with Gasteiger partial charge in [0.25, 0.3) is 0 Å². The van der Waals surface area contributed by atoms with Crippen molar-refractivity contribution in [3.63, 3.8) is 0 Å². The monoisotopic (exact) mass is 294 g/mol. The number of carbonyl (C=O) groups excluding carboxylic acids is 1. The fourth-order valence-electron chi connectivity index (χ4n) is 2.75. The first kappa shape index (κ1) is 15.1. The number of allylic oxidation sites excluding steroid dienone is 1. The zero-order valence-electron chi connectivity index (χ0n) is 11.3. The van der Waals surface area contributed by atoms with E-state index in [1.54, 1.807) is 30.3 Å². The van der Waals surface area contributed by atoms with Crippen LogP contribution in [0.5, 0.6) is 0 Å². The summed E-state index contributed by atoms with van der Waals surface area (Å²) in [5.41, 5.74) is 0.0970. The fraction of sp³-hybridized carbons (Fsp3) is 0.438. The SMILES string of the molecule is C=CC[C@]1(COC(=O)c2ccc(Cl)cc2)CCC[C@H]1O. The number of rotatable bonds is 5. The minimum absolute atomic E-state index is 0.224. The average molecular weight is 295 g/mol. The first-order valence-electron chi connectivity index (χ1n) is 6.79. The summed E-state index contributed by atoms with van der Waals surface area (Å²) in [6, 6.07) is 6.58. The van der Waals surface area contributed by atoms with Crippen LogP contribution >= 0.6 is 11.6 Å². The van der Waals surface area contributed by atoms with Gasteiger partial charge in [0.15, 0.2) is 0 Å². The zero-order valence-corrected chi connectivity index (χ0v) is 12.1. The van der Waals surface area contributed by atoms with Crippen molar-refractivity contribution in [2.45, 2.75) is 31.8 Å². The molecule has 2 rings (SSSR count). The minimum atomic E-state index is -0.432. The van der Waals surface area contributed by atoms with Gasteiger partial charge in [-0.05, 0) is 43.5 Å². The van der Waals surface area contributed by atoms with E-state index in [9.17, 15) is 9.90 Å². The molecule has 4 heteroatoms. The van der Waals surface area contributed by atoms with Crippen LogP contribution in [0.3, 0.4) is 0 Å². The van der Waals surface area contributed by atoms with Gasteiger partial charge < -0.3 is 9.84 Å². The van der Waals surface area contributed by atoms with Crippen molar-refractivity contribution < 1.29 is 14.6 Å². The van der Waals surface area contributed by atoms with Crippen molar-refractivity contribution in [2.24, 2.45) is 5.41 Å². The highest BCUT2D eigenvalue weighted by molar-refractivity contribution is 6.30. The normalized spacial score (nSPS) is 25.4. The summed E-state index contributed by atoms with van der Waals surface area (Å²) in [5, 5.41) is 10.7. The van der Waals surface area contributed by atoms with Gasteiger partial charge in [-0.1, -0.05) is 24.1 Å². The Kier molecular flexibility index (Phi) is 4.84. The maximum atomic E-state index is 12.0. The predicted molar refractivity (Wildman–Crippen MR) is 78.8 cm³/mol. The fourth-order valence-corrected chi connectivity index (χ4v) is 2.88. The molecule has 1 aliphatic rings. The average Bonchev–Trinajstić information content (AvgIpc) is 2.79. The van der Waals surface area contributed by atoms with Crippen LogP contribution in [0, 0.1) is 5.41 Å². The molecule has 3 nitrogen and oxygen atoms in total. The zero-order chi connectivity index (χ0) is 14.6. The summed E-state index contributed by atoms with van der Waals surface area (Å²) in [5.74, 6) is -0.385. The number of esters is 1. The Bertz CT molecular complexity index is 483. The molecule has 0 saturated heterocycles. The quantitative estimate of drug-likeness (QED) is 0.666. The van der Waals surface area contributed by atoms with Gasteiger partial charge in [-0.3, -0.25) is 0 Å². The lowest BCUT2D eigenvalue weighted by Gasteiger charge is -2.31. The van der Waals surface area contributed by atoms with E-state index in [0.29, 0.717) is 17.0 Å². The van der Waals surface area contributed by atoms with Gasteiger partial charge >= 0.3 is 5.97 Å². The number of benzene rings is 1. The van der Waals surface area contributed by atoms with E-state index >= 15 is 0 Å². The number of aliphatic hydroxyl groups is 1. The smallest absolute Gasteiger partial charge is 0.338 e. The van der Waals surface area contributed by atoms with Crippen LogP contribution in [0.25, 0.3) is 0 Å². The van der Waals surface area contributed by atoms with Gasteiger partial charge in [0.05, 0.1) is 11.7 Å². The van der Waals surface area contributed by atoms with Crippen molar-refractivity contribution >= 4 is 17.6 Å². The molecule has 1 aliphatic carbocycles. The second-order valence-electron chi connectivity index (χ2n) is 5.35. The highest BCUT2D eigenvalue weighted by Gasteiger charge is 2.42. The third-order valence-corrected chi connectivity index (χ3v) is 4.23. The topological polar surface area (TPSA) is 46.5 Å². The van der Waals surface area contributed by atoms with E-state index in [0.717, 1.165) is 19.3 Å². The Labute approximate surface area is 124 Å². The molecule has 0 bridgehead atoms. The van der Waals surface area contributed by atoms with Crippen LogP contribution in [-0.2, 0) is 4.74 Å². The summed E-state index contributed by atoms with van der Waals surface area (Å²) in [6.07, 6.45) is 4.57. The van der Waals surface area contributed by atoms with Crippen molar-refractivity contribution in [3.8, 4) is 0 Å². The molecule has 108 valence electrons. The van der Waals surface area contributed by atoms with Gasteiger partial charge in [0, 0.05) is 10.4 Å². The summed E-state index contributed by atoms with van der Waals surface area (Å²) in [6.45, 7) is 3.96. The largest absolute Gasteiger partial charge is 0.461 e. The van der Waals surface area contributed by atoms with Crippen molar-refractivity contribution in [1.29, 1.82) is 0 Å². The summed E-state index contributed by atoms with van der Waals surface area (Å²) >= 11 is 5.78. The molecule has 0 amide bonds. The van der Waals surface area contributed by atoms with Gasteiger partial charge in [0.2, 0.25) is 0 Å². The summed E-state index contributed by atoms with van der Waals surface area (Å²) in [7, 11) is 0. The Balaban J connectivity index is 2.01. The molecule has 1 N–H and O–H groups in total. The third kappa shape index (κ3) is 3.22. The lowest BCUT2D eigenvalue weighted by Crippen LogP contribution is -2.35. The number of aliphatic hydroxyl groups excluding tert-OH is 1. The van der Waals surface area contributed by atoms with Crippen molar-refractivity contribution in [3.05, 3.63) is 47.5 Å². The second-order valence-corrected chi connectivity index (χ2v) is 5.78. The van der Waals surface area contributed by atoms with E-state index in [2.05, 4.69) is 6.58 Å². The molecular formula is C16H19ClO3. The second kappa shape index (κ2) is 6.42. The van der Waals surface area contributed by atoms with E-state index in [4.69, 9.17) is 16.3 Å². The molecule has 0 unspecified atom stereocenters. The number of carbonyl (C=O) groups is 1. The number of hydrogen-bond donors (Lipinski definition) is 1. The number of halogens is 1. The van der Waals surface area contributed by atoms with Crippen molar-refractivity contribution in [2.75, 3.05) is 6.61 Å². The first-order chi connectivity index (χ1) is 9.57. The highest BCUT2D eigenvalue weighted by Crippen LogP contribution is 2.42. The number of hydrogen-bond acceptors (Lipinski definition) is 3. The highest BCUT2D eigenvalue weighted by atomic mass is 35.5. The predicted octanol–water partition coefficient (Wildman–Crippen LogP) is 3.60. The molecule has 0 aromatic heterocycles. The molecule has 1 fully saturated rings. The van der Waals surface area contributed by atoms with Crippen LogP contribution < -0.4 is 0 Å². The van der Waals surface area contributed by atoms with Gasteiger partial charge in [-0.2, -0.15) is 0 Å². The van der Waals surface area contributed by atoms with Crippen LogP contribution in [0.4, 0.5) is 0 Å². The standard InChI is InChI=1S/C16H19ClO3/c1-2-9-16(10-3-4-14(16)18)11-20-15(19)12-5-7-13(17)8-6-12/h2,5-8,14,18H,1,3-4,9-11H2/t14-,16-/m1/s1. The lowest BCUT2D eigenvalue weighted by atomic mass is 9.81. The maximum Gasteiger partial charge on any atom is 0.338 e. The van der Waals surface area contributed by atoms with Crippen LogP contribution in [-0.4, -0.2) is 23.8 Å². The molecule has 0 aliphatic heterocycles. The van der Waals surface area contributed by atoms with Crippen LogP contribution in [0.1, 0.15) is 36.0 Å². The lowest BCUT2D eigenvalue weighted by molar-refractivity contribution is -0.0134. The molecular weight excluding hydrogens is 276 g/mol. The van der Waals surface area contributed by atoms with Crippen molar-refractivity contribution in [1.82, 2.24) is 0 Å². The van der Waals surface area contributed by atoms with E-state index in [1.807, 2.05) is 0 Å². The van der Waals surface area contributed by atoms with E-state index in [1.165, 1.54) is 0 Å². The van der Waals surface area contributed by atoms with Crippen LogP contribution in [0.2, 0.25) is 5.02 Å². The number of ether oxygens (including phenoxy) is 1. The maximum absolute atomic E-state index is 12.0. The summed E-state index contributed by atoms with van der Waals surface area (Å²) < 4.78 is 5.39. The third-order valence-electron chi connectivity index (χ3n) is 3.98. The first-order valence-corrected chi connectivity index (χ1v) is 7.17. The Morgan fingerprint density at radius 2 is 2.20 bits per heavy atom. The Morgan fingerprint density at radius 3 is 2.75 bits per heavy atom.